The van der Waals surface area contributed by atoms with Crippen LogP contribution >= 0.6 is 0 Å². The van der Waals surface area contributed by atoms with E-state index >= 15 is 0 Å². The molecule has 0 saturated carbocycles. The molecular weight excluding hydrogens is 260 g/mol. The Bertz CT molecular complexity index is 474. The molecule has 2 heterocycles. The molecule has 2 aliphatic heterocycles. The van der Waals surface area contributed by atoms with Crippen molar-refractivity contribution in [3.63, 3.8) is 0 Å². The van der Waals surface area contributed by atoms with Crippen LogP contribution in [0.5, 0.6) is 5.75 Å². The summed E-state index contributed by atoms with van der Waals surface area (Å²) < 4.78 is 6.16. The summed E-state index contributed by atoms with van der Waals surface area (Å²) in [5.41, 5.74) is 2.72. The van der Waals surface area contributed by atoms with Crippen molar-refractivity contribution in [1.82, 2.24) is 10.2 Å². The van der Waals surface area contributed by atoms with Crippen molar-refractivity contribution in [2.45, 2.75) is 51.7 Å². The Balaban J connectivity index is 1.58. The molecule has 1 N–H and O–H groups in total. The second kappa shape index (κ2) is 6.80. The monoisotopic (exact) mass is 288 g/mol. The van der Waals surface area contributed by atoms with E-state index in [1.165, 1.54) is 36.9 Å². The van der Waals surface area contributed by atoms with Gasteiger partial charge in [-0.25, -0.2) is 0 Å². The summed E-state index contributed by atoms with van der Waals surface area (Å²) in [6.07, 6.45) is 5.44. The Kier molecular flexibility index (Phi) is 4.81. The van der Waals surface area contributed by atoms with E-state index in [0.717, 1.165) is 31.8 Å². The average Bonchev–Trinajstić information content (AvgIpc) is 2.87. The van der Waals surface area contributed by atoms with Crippen LogP contribution in [-0.2, 0) is 6.42 Å². The molecule has 2 atom stereocenters. The lowest BCUT2D eigenvalue weighted by atomic mass is 10.0. The zero-order valence-corrected chi connectivity index (χ0v) is 13.4. The van der Waals surface area contributed by atoms with Crippen LogP contribution in [-0.4, -0.2) is 43.2 Å². The van der Waals surface area contributed by atoms with E-state index in [2.05, 4.69) is 42.3 Å². The third-order valence-corrected chi connectivity index (χ3v) is 4.77. The molecule has 3 nitrogen and oxygen atoms in total. The van der Waals surface area contributed by atoms with Crippen LogP contribution in [0.2, 0.25) is 0 Å². The summed E-state index contributed by atoms with van der Waals surface area (Å²) in [6.45, 7) is 8.83. The maximum atomic E-state index is 6.16. The molecule has 21 heavy (non-hydrogen) atoms. The van der Waals surface area contributed by atoms with Crippen molar-refractivity contribution >= 4 is 0 Å². The summed E-state index contributed by atoms with van der Waals surface area (Å²) in [7, 11) is 0. The molecule has 116 valence electrons. The van der Waals surface area contributed by atoms with Gasteiger partial charge in [-0.3, -0.25) is 4.90 Å². The Morgan fingerprint density at radius 1 is 1.33 bits per heavy atom. The molecule has 0 aliphatic carbocycles. The number of benzene rings is 1. The SMILES string of the molecule is CCNCC1CCCCN1CC1Cc2cc(C)ccc2O1. The molecule has 0 bridgehead atoms. The first-order valence-electron chi connectivity index (χ1n) is 8.47. The van der Waals surface area contributed by atoms with Crippen LogP contribution in [0, 0.1) is 6.92 Å². The molecule has 3 heteroatoms. The molecule has 1 saturated heterocycles. The van der Waals surface area contributed by atoms with Gasteiger partial charge in [-0.2, -0.15) is 0 Å². The number of likely N-dealkylation sites (tertiary alicyclic amines) is 1. The number of hydrogen-bond donors (Lipinski definition) is 1. The number of aryl methyl sites for hydroxylation is 1. The Labute approximate surface area is 128 Å². The summed E-state index contributed by atoms with van der Waals surface area (Å²) in [5.74, 6) is 1.10. The largest absolute Gasteiger partial charge is 0.488 e. The van der Waals surface area contributed by atoms with Crippen molar-refractivity contribution in [1.29, 1.82) is 0 Å². The highest BCUT2D eigenvalue weighted by Gasteiger charge is 2.29. The molecular formula is C18H28N2O. The highest BCUT2D eigenvalue weighted by atomic mass is 16.5. The van der Waals surface area contributed by atoms with Gasteiger partial charge < -0.3 is 10.1 Å². The molecule has 0 spiro atoms. The summed E-state index contributed by atoms with van der Waals surface area (Å²) in [5, 5.41) is 3.51. The molecule has 0 aromatic heterocycles. The van der Waals surface area contributed by atoms with Crippen molar-refractivity contribution in [2.75, 3.05) is 26.2 Å². The Morgan fingerprint density at radius 2 is 2.24 bits per heavy atom. The maximum Gasteiger partial charge on any atom is 0.123 e. The van der Waals surface area contributed by atoms with E-state index in [4.69, 9.17) is 4.74 Å². The third-order valence-electron chi connectivity index (χ3n) is 4.77. The first-order chi connectivity index (χ1) is 10.3. The molecule has 1 aromatic rings. The second-order valence-corrected chi connectivity index (χ2v) is 6.51. The van der Waals surface area contributed by atoms with Crippen molar-refractivity contribution < 1.29 is 4.74 Å². The first kappa shape index (κ1) is 14.9. The predicted molar refractivity (Wildman–Crippen MR) is 87.1 cm³/mol. The minimum Gasteiger partial charge on any atom is -0.488 e. The van der Waals surface area contributed by atoms with Crippen molar-refractivity contribution in [2.24, 2.45) is 0 Å². The quantitative estimate of drug-likeness (QED) is 0.901. The number of nitrogens with one attached hydrogen (secondary N) is 1. The van der Waals surface area contributed by atoms with Crippen molar-refractivity contribution in [3.8, 4) is 5.75 Å². The van der Waals surface area contributed by atoms with E-state index in [1.54, 1.807) is 0 Å². The highest BCUT2D eigenvalue weighted by molar-refractivity contribution is 5.40. The van der Waals surface area contributed by atoms with E-state index in [1.807, 2.05) is 0 Å². The molecule has 0 amide bonds. The standard InChI is InChI=1S/C18H28N2O/c1-3-19-12-16-6-4-5-9-20(16)13-17-11-15-10-14(2)7-8-18(15)21-17/h7-8,10,16-17,19H,3-6,9,11-13H2,1-2H3. The lowest BCUT2D eigenvalue weighted by Gasteiger charge is -2.37. The number of ether oxygens (including phenoxy) is 1. The number of hydrogen-bond acceptors (Lipinski definition) is 3. The molecule has 0 radical (unpaired) electrons. The number of rotatable bonds is 5. The van der Waals surface area contributed by atoms with Gasteiger partial charge in [0.1, 0.15) is 11.9 Å². The number of likely N-dealkylation sites (N-methyl/N-ethyl adjacent to an activating group) is 1. The fourth-order valence-electron chi connectivity index (χ4n) is 3.66. The normalized spacial score (nSPS) is 25.6. The van der Waals surface area contributed by atoms with Crippen molar-refractivity contribution in [3.05, 3.63) is 29.3 Å². The number of nitrogens with zero attached hydrogens (tertiary/aromatic N) is 1. The van der Waals surface area contributed by atoms with E-state index in [9.17, 15) is 0 Å². The van der Waals surface area contributed by atoms with Gasteiger partial charge in [0.2, 0.25) is 0 Å². The number of piperidine rings is 1. The fourth-order valence-corrected chi connectivity index (χ4v) is 3.66. The van der Waals surface area contributed by atoms with E-state index < -0.39 is 0 Å². The Morgan fingerprint density at radius 3 is 3.10 bits per heavy atom. The van der Waals surface area contributed by atoms with Crippen LogP contribution in [0.1, 0.15) is 37.3 Å². The first-order valence-corrected chi connectivity index (χ1v) is 8.47. The maximum absolute atomic E-state index is 6.16. The van der Waals surface area contributed by atoms with Gasteiger partial charge in [0.25, 0.3) is 0 Å². The van der Waals surface area contributed by atoms with Gasteiger partial charge in [0.05, 0.1) is 0 Å². The lowest BCUT2D eigenvalue weighted by Crippen LogP contribution is -2.49. The molecule has 1 fully saturated rings. The Hall–Kier alpha value is -1.06. The van der Waals surface area contributed by atoms with E-state index in [0.29, 0.717) is 12.1 Å². The zero-order chi connectivity index (χ0) is 14.7. The van der Waals surface area contributed by atoms with E-state index in [-0.39, 0.29) is 0 Å². The van der Waals surface area contributed by atoms with Gasteiger partial charge in [0.15, 0.2) is 0 Å². The van der Waals surface area contributed by atoms with Gasteiger partial charge in [-0.15, -0.1) is 0 Å². The van der Waals surface area contributed by atoms with Crippen LogP contribution in [0.4, 0.5) is 0 Å². The number of fused-ring (bicyclic) bond motifs is 1. The van der Waals surface area contributed by atoms with Gasteiger partial charge in [0, 0.05) is 25.6 Å². The topological polar surface area (TPSA) is 24.5 Å². The minimum atomic E-state index is 0.337. The van der Waals surface area contributed by atoms with Crippen LogP contribution in [0.15, 0.2) is 18.2 Å². The third kappa shape index (κ3) is 3.58. The average molecular weight is 288 g/mol. The molecule has 3 rings (SSSR count). The summed E-state index contributed by atoms with van der Waals surface area (Å²) in [6, 6.07) is 7.25. The van der Waals surface area contributed by atoms with Gasteiger partial charge in [-0.1, -0.05) is 31.0 Å². The lowest BCUT2D eigenvalue weighted by molar-refractivity contribution is 0.0897. The summed E-state index contributed by atoms with van der Waals surface area (Å²) >= 11 is 0. The smallest absolute Gasteiger partial charge is 0.123 e. The predicted octanol–water partition coefficient (Wildman–Crippen LogP) is 2.76. The minimum absolute atomic E-state index is 0.337. The van der Waals surface area contributed by atoms with Gasteiger partial charge in [-0.05, 0) is 44.5 Å². The fraction of sp³-hybridized carbons (Fsp3) is 0.667. The second-order valence-electron chi connectivity index (χ2n) is 6.51. The highest BCUT2D eigenvalue weighted by Crippen LogP contribution is 2.30. The van der Waals surface area contributed by atoms with Crippen LogP contribution < -0.4 is 10.1 Å². The van der Waals surface area contributed by atoms with Crippen LogP contribution in [0.3, 0.4) is 0 Å². The van der Waals surface area contributed by atoms with Crippen LogP contribution in [0.25, 0.3) is 0 Å². The summed E-state index contributed by atoms with van der Waals surface area (Å²) in [4.78, 5) is 2.65. The molecule has 2 aliphatic rings. The zero-order valence-electron chi connectivity index (χ0n) is 13.4. The molecule has 1 aromatic carbocycles. The molecule has 2 unspecified atom stereocenters. The van der Waals surface area contributed by atoms with Gasteiger partial charge >= 0.3 is 0 Å².